The van der Waals surface area contributed by atoms with Gasteiger partial charge in [0.1, 0.15) is 0 Å². The standard InChI is InChI=1S/C48H32N2/c1-47(2)35-17-7-5-11-25(35)27-19-21-37-41(43(27)47)31-15-9-13-29-33-24-40-34(23-39(33)49(37)45(29)31)30-14-10-16-32-42-38(50(40)46(30)32)22-20-28-26-12-6-8-18-36(26)48(3,4)44(28)42/h5-24H,1-4H3. The summed E-state index contributed by atoms with van der Waals surface area (Å²) in [7, 11) is 0. The number of hydrogen-bond acceptors (Lipinski definition) is 0. The highest BCUT2D eigenvalue weighted by Gasteiger charge is 2.40. The Morgan fingerprint density at radius 2 is 0.780 bits per heavy atom. The lowest BCUT2D eigenvalue weighted by atomic mass is 9.80. The minimum Gasteiger partial charge on any atom is -0.308 e. The molecule has 2 nitrogen and oxygen atoms in total. The lowest BCUT2D eigenvalue weighted by Crippen LogP contribution is -2.15. The summed E-state index contributed by atoms with van der Waals surface area (Å²) in [5, 5.41) is 10.8. The minimum absolute atomic E-state index is 0.0726. The topological polar surface area (TPSA) is 8.82 Å². The summed E-state index contributed by atoms with van der Waals surface area (Å²) in [5.41, 5.74) is 19.0. The fraction of sp³-hybridized carbons (Fsp3) is 0.125. The van der Waals surface area contributed by atoms with Gasteiger partial charge in [-0.2, -0.15) is 0 Å². The molecule has 0 bridgehead atoms. The summed E-state index contributed by atoms with van der Waals surface area (Å²) in [6.45, 7) is 9.63. The maximum atomic E-state index is 2.58. The van der Waals surface area contributed by atoms with Crippen LogP contribution in [0.25, 0.3) is 98.4 Å². The molecule has 0 radical (unpaired) electrons. The second kappa shape index (κ2) is 7.95. The number of hydrogen-bond donors (Lipinski definition) is 0. The predicted octanol–water partition coefficient (Wildman–Crippen LogP) is 12.6. The zero-order valence-electron chi connectivity index (χ0n) is 28.4. The maximum Gasteiger partial charge on any atom is 0.0620 e. The highest BCUT2D eigenvalue weighted by Crippen LogP contribution is 2.56. The average Bonchev–Trinajstić information content (AvgIpc) is 3.93. The number of rotatable bonds is 0. The van der Waals surface area contributed by atoms with E-state index >= 15 is 0 Å². The third-order valence-electron chi connectivity index (χ3n) is 13.1. The fourth-order valence-electron chi connectivity index (χ4n) is 11.2. The predicted molar refractivity (Wildman–Crippen MR) is 211 cm³/mol. The van der Waals surface area contributed by atoms with E-state index in [0.717, 1.165) is 0 Å². The molecule has 2 heteroatoms. The lowest BCUT2D eigenvalue weighted by molar-refractivity contribution is 0.666. The zero-order chi connectivity index (χ0) is 33.0. The second-order valence-electron chi connectivity index (χ2n) is 16.1. The highest BCUT2D eigenvalue weighted by molar-refractivity contribution is 6.30. The first-order valence-corrected chi connectivity index (χ1v) is 18.0. The van der Waals surface area contributed by atoms with E-state index in [1.165, 1.54) is 121 Å². The van der Waals surface area contributed by atoms with Crippen LogP contribution in [0, 0.1) is 0 Å². The third kappa shape index (κ3) is 2.58. The van der Waals surface area contributed by atoms with Crippen molar-refractivity contribution in [2.45, 2.75) is 38.5 Å². The molecule has 0 saturated carbocycles. The number of para-hydroxylation sites is 2. The van der Waals surface area contributed by atoms with Crippen molar-refractivity contribution in [2.24, 2.45) is 0 Å². The van der Waals surface area contributed by atoms with Gasteiger partial charge in [-0.3, -0.25) is 0 Å². The molecule has 0 aliphatic heterocycles. The Hall–Kier alpha value is -5.86. The summed E-state index contributed by atoms with van der Waals surface area (Å²) in [4.78, 5) is 0. The molecule has 50 heavy (non-hydrogen) atoms. The van der Waals surface area contributed by atoms with Crippen molar-refractivity contribution in [3.63, 3.8) is 0 Å². The number of aromatic nitrogens is 2. The Morgan fingerprint density at radius 1 is 0.360 bits per heavy atom. The molecule has 13 rings (SSSR count). The van der Waals surface area contributed by atoms with Gasteiger partial charge in [0.05, 0.1) is 33.1 Å². The van der Waals surface area contributed by atoms with E-state index in [0.29, 0.717) is 0 Å². The molecule has 0 unspecified atom stereocenters. The van der Waals surface area contributed by atoms with Gasteiger partial charge in [-0.1, -0.05) is 125 Å². The van der Waals surface area contributed by atoms with Crippen LogP contribution in [0.4, 0.5) is 0 Å². The molecule has 234 valence electrons. The SMILES string of the molecule is CC1(C)c2ccccc2-c2ccc3c(c21)c1cccc2c4cc5c(cc4n3c21)c1cccc2c3c4c(ccc3n5c12)-c1ccccc1C4(C)C. The van der Waals surface area contributed by atoms with Gasteiger partial charge in [-0.25, -0.2) is 0 Å². The minimum atomic E-state index is -0.0726. The van der Waals surface area contributed by atoms with Crippen molar-refractivity contribution in [1.82, 2.24) is 8.80 Å². The molecule has 4 heterocycles. The van der Waals surface area contributed by atoms with Crippen LogP contribution >= 0.6 is 0 Å². The Balaban J connectivity index is 1.18. The van der Waals surface area contributed by atoms with Crippen LogP contribution in [0.1, 0.15) is 49.9 Å². The van der Waals surface area contributed by atoms with Crippen LogP contribution in [-0.4, -0.2) is 8.80 Å². The zero-order valence-corrected chi connectivity index (χ0v) is 28.4. The summed E-state index contributed by atoms with van der Waals surface area (Å²) in [5.74, 6) is 0. The molecular weight excluding hydrogens is 605 g/mol. The summed E-state index contributed by atoms with van der Waals surface area (Å²) < 4.78 is 5.15. The number of fused-ring (bicyclic) bond motifs is 20. The third-order valence-corrected chi connectivity index (χ3v) is 13.1. The largest absolute Gasteiger partial charge is 0.308 e. The van der Waals surface area contributed by atoms with E-state index in [2.05, 4.69) is 158 Å². The Morgan fingerprint density at radius 3 is 1.24 bits per heavy atom. The molecule has 0 fully saturated rings. The number of nitrogens with zero attached hydrogens (tertiary/aromatic N) is 2. The van der Waals surface area contributed by atoms with Crippen molar-refractivity contribution in [1.29, 1.82) is 0 Å². The Labute approximate surface area is 288 Å². The van der Waals surface area contributed by atoms with E-state index in [4.69, 9.17) is 0 Å². The van der Waals surface area contributed by atoms with E-state index in [9.17, 15) is 0 Å². The van der Waals surface area contributed by atoms with Crippen LogP contribution in [0.5, 0.6) is 0 Å². The van der Waals surface area contributed by atoms with Crippen LogP contribution in [0.3, 0.4) is 0 Å². The fourth-order valence-corrected chi connectivity index (χ4v) is 11.2. The van der Waals surface area contributed by atoms with E-state index in [-0.39, 0.29) is 10.8 Å². The molecule has 0 atom stereocenters. The molecule has 11 aromatic rings. The highest BCUT2D eigenvalue weighted by atomic mass is 14.9. The molecule has 0 spiro atoms. The normalized spacial score (nSPS) is 15.9. The summed E-state index contributed by atoms with van der Waals surface area (Å²) in [6, 6.07) is 46.5. The van der Waals surface area contributed by atoms with Crippen molar-refractivity contribution < 1.29 is 0 Å². The van der Waals surface area contributed by atoms with Gasteiger partial charge in [0.2, 0.25) is 0 Å². The molecular formula is C48H32N2. The number of benzene rings is 7. The van der Waals surface area contributed by atoms with E-state index in [1.54, 1.807) is 0 Å². The quantitative estimate of drug-likeness (QED) is 0.157. The second-order valence-corrected chi connectivity index (χ2v) is 16.1. The van der Waals surface area contributed by atoms with Gasteiger partial charge in [-0.05, 0) is 68.8 Å². The first kappa shape index (κ1) is 26.1. The molecule has 0 saturated heterocycles. The van der Waals surface area contributed by atoms with Crippen LogP contribution in [-0.2, 0) is 10.8 Å². The molecule has 4 aromatic heterocycles. The van der Waals surface area contributed by atoms with Gasteiger partial charge < -0.3 is 8.80 Å². The van der Waals surface area contributed by atoms with Crippen LogP contribution < -0.4 is 0 Å². The van der Waals surface area contributed by atoms with Gasteiger partial charge in [0.25, 0.3) is 0 Å². The monoisotopic (exact) mass is 636 g/mol. The maximum absolute atomic E-state index is 2.58. The van der Waals surface area contributed by atoms with Crippen molar-refractivity contribution in [3.05, 3.63) is 144 Å². The van der Waals surface area contributed by atoms with Gasteiger partial charge in [0.15, 0.2) is 0 Å². The van der Waals surface area contributed by atoms with Crippen LogP contribution in [0.2, 0.25) is 0 Å². The van der Waals surface area contributed by atoms with Gasteiger partial charge in [-0.15, -0.1) is 0 Å². The van der Waals surface area contributed by atoms with Crippen LogP contribution in [0.15, 0.2) is 121 Å². The Kier molecular flexibility index (Phi) is 4.15. The molecule has 0 N–H and O–H groups in total. The summed E-state index contributed by atoms with van der Waals surface area (Å²) >= 11 is 0. The van der Waals surface area contributed by atoms with Crippen molar-refractivity contribution in [3.8, 4) is 22.3 Å². The average molecular weight is 637 g/mol. The van der Waals surface area contributed by atoms with Crippen molar-refractivity contribution in [2.75, 3.05) is 0 Å². The molecule has 2 aliphatic rings. The molecule has 2 aliphatic carbocycles. The first-order chi connectivity index (χ1) is 24.4. The smallest absolute Gasteiger partial charge is 0.0620 e. The van der Waals surface area contributed by atoms with E-state index < -0.39 is 0 Å². The Bertz CT molecular complexity index is 3140. The first-order valence-electron chi connectivity index (χ1n) is 18.0. The molecule has 7 aromatic carbocycles. The van der Waals surface area contributed by atoms with E-state index in [1.807, 2.05) is 0 Å². The molecule has 0 amide bonds. The van der Waals surface area contributed by atoms with Crippen molar-refractivity contribution >= 4 is 76.2 Å². The van der Waals surface area contributed by atoms with Gasteiger partial charge in [0, 0.05) is 53.9 Å². The summed E-state index contributed by atoms with van der Waals surface area (Å²) in [6.07, 6.45) is 0. The lowest BCUT2D eigenvalue weighted by Gasteiger charge is -2.22. The van der Waals surface area contributed by atoms with Gasteiger partial charge >= 0.3 is 0 Å².